The van der Waals surface area contributed by atoms with Gasteiger partial charge in [-0.3, -0.25) is 4.79 Å². The van der Waals surface area contributed by atoms with Crippen LogP contribution in [0.25, 0.3) is 0 Å². The van der Waals surface area contributed by atoms with Gasteiger partial charge in [0.15, 0.2) is 0 Å². The van der Waals surface area contributed by atoms with Crippen molar-refractivity contribution in [2.75, 3.05) is 24.6 Å². The largest absolute Gasteiger partial charge is 0.398 e. The summed E-state index contributed by atoms with van der Waals surface area (Å²) < 4.78 is 0.137. The van der Waals surface area contributed by atoms with Gasteiger partial charge in [-0.15, -0.1) is 0 Å². The minimum absolute atomic E-state index is 0.109. The van der Waals surface area contributed by atoms with Crippen LogP contribution >= 0.6 is 11.8 Å². The van der Waals surface area contributed by atoms with E-state index in [0.717, 1.165) is 35.5 Å². The van der Waals surface area contributed by atoms with Gasteiger partial charge in [-0.25, -0.2) is 0 Å². The van der Waals surface area contributed by atoms with Crippen molar-refractivity contribution >= 4 is 23.4 Å². The van der Waals surface area contributed by atoms with Crippen molar-refractivity contribution in [2.24, 2.45) is 0 Å². The lowest BCUT2D eigenvalue weighted by atomic mass is 10.0. The monoisotopic (exact) mass is 278 g/mol. The number of nitrogens with two attached hydrogens (primary N) is 1. The van der Waals surface area contributed by atoms with E-state index in [4.69, 9.17) is 5.73 Å². The van der Waals surface area contributed by atoms with Crippen molar-refractivity contribution in [3.63, 3.8) is 0 Å². The Balaban J connectivity index is 2.27. The van der Waals surface area contributed by atoms with Crippen molar-refractivity contribution < 1.29 is 4.79 Å². The standard InChI is InChI=1S/C15H22N2OS/c1-10-7-11(2)13(16)8-12(10)14(18)17-5-6-19-15(3,4)9-17/h7-8H,5-6,9,16H2,1-4H3. The van der Waals surface area contributed by atoms with Gasteiger partial charge < -0.3 is 10.6 Å². The zero-order valence-corrected chi connectivity index (χ0v) is 12.9. The lowest BCUT2D eigenvalue weighted by Crippen LogP contribution is -2.46. The van der Waals surface area contributed by atoms with E-state index in [9.17, 15) is 4.79 Å². The fourth-order valence-electron chi connectivity index (χ4n) is 2.46. The maximum Gasteiger partial charge on any atom is 0.254 e. The summed E-state index contributed by atoms with van der Waals surface area (Å²) >= 11 is 1.93. The Hall–Kier alpha value is -1.16. The molecule has 2 rings (SSSR count). The second-order valence-electron chi connectivity index (χ2n) is 5.86. The van der Waals surface area contributed by atoms with E-state index >= 15 is 0 Å². The van der Waals surface area contributed by atoms with Gasteiger partial charge in [0.05, 0.1) is 0 Å². The zero-order valence-electron chi connectivity index (χ0n) is 12.1. The lowest BCUT2D eigenvalue weighted by Gasteiger charge is -2.37. The minimum Gasteiger partial charge on any atom is -0.398 e. The molecule has 1 heterocycles. The number of hydrogen-bond acceptors (Lipinski definition) is 3. The molecule has 1 aromatic rings. The van der Waals surface area contributed by atoms with E-state index < -0.39 is 0 Å². The Labute approximate surface area is 119 Å². The molecule has 1 amide bonds. The van der Waals surface area contributed by atoms with Crippen molar-refractivity contribution in [2.45, 2.75) is 32.4 Å². The average molecular weight is 278 g/mol. The third kappa shape index (κ3) is 3.06. The summed E-state index contributed by atoms with van der Waals surface area (Å²) in [7, 11) is 0. The second-order valence-corrected chi connectivity index (χ2v) is 7.66. The number of amides is 1. The maximum atomic E-state index is 12.6. The molecule has 104 valence electrons. The molecule has 2 N–H and O–H groups in total. The van der Waals surface area contributed by atoms with Crippen LogP contribution in [0, 0.1) is 13.8 Å². The van der Waals surface area contributed by atoms with E-state index in [-0.39, 0.29) is 10.7 Å². The van der Waals surface area contributed by atoms with Gasteiger partial charge in [0, 0.05) is 34.8 Å². The molecule has 0 aliphatic carbocycles. The number of anilines is 1. The van der Waals surface area contributed by atoms with Crippen molar-refractivity contribution in [1.82, 2.24) is 4.90 Å². The van der Waals surface area contributed by atoms with Crippen LogP contribution in [-0.4, -0.2) is 34.4 Å². The van der Waals surface area contributed by atoms with E-state index in [1.807, 2.05) is 42.6 Å². The van der Waals surface area contributed by atoms with Crippen LogP contribution in [0.1, 0.15) is 35.3 Å². The number of nitrogens with zero attached hydrogens (tertiary/aromatic N) is 1. The summed E-state index contributed by atoms with van der Waals surface area (Å²) in [6, 6.07) is 3.81. The molecule has 0 saturated carbocycles. The molecule has 19 heavy (non-hydrogen) atoms. The highest BCUT2D eigenvalue weighted by atomic mass is 32.2. The highest BCUT2D eigenvalue weighted by Crippen LogP contribution is 2.30. The van der Waals surface area contributed by atoms with Gasteiger partial charge in [0.2, 0.25) is 0 Å². The third-order valence-electron chi connectivity index (χ3n) is 3.56. The van der Waals surface area contributed by atoms with Crippen LogP contribution in [0.4, 0.5) is 5.69 Å². The topological polar surface area (TPSA) is 46.3 Å². The van der Waals surface area contributed by atoms with E-state index in [0.29, 0.717) is 5.69 Å². The first-order valence-electron chi connectivity index (χ1n) is 6.60. The molecule has 1 aliphatic rings. The van der Waals surface area contributed by atoms with Gasteiger partial charge >= 0.3 is 0 Å². The Morgan fingerprint density at radius 2 is 2.00 bits per heavy atom. The first-order valence-corrected chi connectivity index (χ1v) is 7.59. The number of thioether (sulfide) groups is 1. The maximum absolute atomic E-state index is 12.6. The van der Waals surface area contributed by atoms with Crippen LogP contribution < -0.4 is 5.73 Å². The molecule has 0 bridgehead atoms. The normalized spacial score (nSPS) is 18.4. The number of aryl methyl sites for hydroxylation is 2. The van der Waals surface area contributed by atoms with Crippen molar-refractivity contribution in [1.29, 1.82) is 0 Å². The quantitative estimate of drug-likeness (QED) is 0.804. The predicted octanol–water partition coefficient (Wildman–Crippen LogP) is 2.85. The molecule has 0 aromatic heterocycles. The summed E-state index contributed by atoms with van der Waals surface area (Å²) in [5.41, 5.74) is 9.41. The molecule has 4 heteroatoms. The second kappa shape index (κ2) is 5.08. The molecule has 1 aromatic carbocycles. The van der Waals surface area contributed by atoms with E-state index in [2.05, 4.69) is 13.8 Å². The fourth-order valence-corrected chi connectivity index (χ4v) is 3.57. The molecule has 1 aliphatic heterocycles. The van der Waals surface area contributed by atoms with Crippen LogP contribution in [0.3, 0.4) is 0 Å². The van der Waals surface area contributed by atoms with Gasteiger partial charge in [0.1, 0.15) is 0 Å². The summed E-state index contributed by atoms with van der Waals surface area (Å²) in [5.74, 6) is 1.11. The van der Waals surface area contributed by atoms with Crippen molar-refractivity contribution in [3.05, 3.63) is 28.8 Å². The molecule has 0 atom stereocenters. The summed E-state index contributed by atoms with van der Waals surface area (Å²) in [6.45, 7) is 9.94. The fraction of sp³-hybridized carbons (Fsp3) is 0.533. The Morgan fingerprint density at radius 1 is 1.32 bits per heavy atom. The summed E-state index contributed by atoms with van der Waals surface area (Å²) in [6.07, 6.45) is 0. The number of carbonyl (C=O) groups excluding carboxylic acids is 1. The Kier molecular flexibility index (Phi) is 3.81. The molecule has 3 nitrogen and oxygen atoms in total. The van der Waals surface area contributed by atoms with Gasteiger partial charge in [-0.2, -0.15) is 11.8 Å². The first kappa shape index (κ1) is 14.3. The molecule has 0 radical (unpaired) electrons. The molecule has 0 unspecified atom stereocenters. The zero-order chi connectivity index (χ0) is 14.2. The van der Waals surface area contributed by atoms with Gasteiger partial charge in [-0.1, -0.05) is 6.07 Å². The number of hydrogen-bond donors (Lipinski definition) is 1. The highest BCUT2D eigenvalue weighted by Gasteiger charge is 2.30. The molecule has 1 saturated heterocycles. The van der Waals surface area contributed by atoms with Crippen LogP contribution in [0.2, 0.25) is 0 Å². The van der Waals surface area contributed by atoms with Crippen molar-refractivity contribution in [3.8, 4) is 0 Å². The highest BCUT2D eigenvalue weighted by molar-refractivity contribution is 8.00. The minimum atomic E-state index is 0.109. The molecule has 1 fully saturated rings. The number of benzene rings is 1. The predicted molar refractivity (Wildman–Crippen MR) is 82.8 cm³/mol. The SMILES string of the molecule is Cc1cc(C)c(C(=O)N2CCSC(C)(C)C2)cc1N. The smallest absolute Gasteiger partial charge is 0.254 e. The first-order chi connectivity index (χ1) is 8.80. The lowest BCUT2D eigenvalue weighted by molar-refractivity contribution is 0.0747. The Morgan fingerprint density at radius 3 is 2.63 bits per heavy atom. The van der Waals surface area contributed by atoms with Crippen LogP contribution in [-0.2, 0) is 0 Å². The summed E-state index contributed by atoms with van der Waals surface area (Å²) in [4.78, 5) is 14.6. The molecular weight excluding hydrogens is 256 g/mol. The third-order valence-corrected chi connectivity index (χ3v) is 4.85. The van der Waals surface area contributed by atoms with Gasteiger partial charge in [0.25, 0.3) is 5.91 Å². The molecular formula is C15H22N2OS. The number of rotatable bonds is 1. The number of carbonyl (C=O) groups is 1. The van der Waals surface area contributed by atoms with E-state index in [1.165, 1.54) is 0 Å². The van der Waals surface area contributed by atoms with Gasteiger partial charge in [-0.05, 0) is 44.9 Å². The average Bonchev–Trinajstić information content (AvgIpc) is 2.31. The Bertz CT molecular complexity index is 511. The van der Waals surface area contributed by atoms with Crippen LogP contribution in [0.15, 0.2) is 12.1 Å². The molecule has 0 spiro atoms. The number of nitrogen functional groups attached to an aromatic ring is 1. The summed E-state index contributed by atoms with van der Waals surface area (Å²) in [5, 5.41) is 0. The van der Waals surface area contributed by atoms with Crippen LogP contribution in [0.5, 0.6) is 0 Å². The van der Waals surface area contributed by atoms with E-state index in [1.54, 1.807) is 0 Å².